The molecule has 3 heterocycles. The molecule has 0 amide bonds. The van der Waals surface area contributed by atoms with E-state index in [4.69, 9.17) is 33.5 Å². The molecular formula is C23H42O10. The summed E-state index contributed by atoms with van der Waals surface area (Å²) < 4.78 is 35.8. The fraction of sp³-hybridized carbons (Fsp3) is 1.00. The van der Waals surface area contributed by atoms with Crippen LogP contribution in [-0.4, -0.2) is 101 Å². The van der Waals surface area contributed by atoms with Gasteiger partial charge < -0.3 is 48.8 Å². The summed E-state index contributed by atoms with van der Waals surface area (Å²) in [4.78, 5) is 0. The standard InChI is InChI=1S/C23H42O10/c1-5-6-7-8-9-10-11-28-22-20-19(32-23(3,4)33-20)17(13(2)29-22)30-21-16(27)15(26)18(31-21)14(25)12-24/h13-22,24-27H,5-12H2,1-4H3/t13-,14?,15+,16+,17-,18-,19+,20+,21+,22+/m0/s1. The van der Waals surface area contributed by atoms with Gasteiger partial charge in [-0.05, 0) is 27.2 Å². The summed E-state index contributed by atoms with van der Waals surface area (Å²) >= 11 is 0. The van der Waals surface area contributed by atoms with Crippen LogP contribution >= 0.6 is 0 Å². The van der Waals surface area contributed by atoms with E-state index in [0.29, 0.717) is 6.61 Å². The van der Waals surface area contributed by atoms with Gasteiger partial charge in [-0.3, -0.25) is 0 Å². The maximum atomic E-state index is 10.4. The molecule has 0 aromatic rings. The van der Waals surface area contributed by atoms with E-state index in [9.17, 15) is 15.3 Å². The van der Waals surface area contributed by atoms with Gasteiger partial charge in [0.15, 0.2) is 18.4 Å². The van der Waals surface area contributed by atoms with Crippen LogP contribution in [0.5, 0.6) is 0 Å². The van der Waals surface area contributed by atoms with Gasteiger partial charge in [-0.2, -0.15) is 0 Å². The summed E-state index contributed by atoms with van der Waals surface area (Å²) in [6.45, 7) is 7.56. The first kappa shape index (κ1) is 27.2. The molecule has 0 aromatic heterocycles. The van der Waals surface area contributed by atoms with E-state index in [1.807, 2.05) is 6.92 Å². The van der Waals surface area contributed by atoms with Crippen molar-refractivity contribution in [2.24, 2.45) is 0 Å². The van der Waals surface area contributed by atoms with Gasteiger partial charge in [0.1, 0.15) is 42.7 Å². The average molecular weight is 479 g/mol. The number of fused-ring (bicyclic) bond motifs is 1. The van der Waals surface area contributed by atoms with Crippen LogP contribution in [-0.2, 0) is 28.4 Å². The normalized spacial score (nSPS) is 41.3. The van der Waals surface area contributed by atoms with E-state index in [1.54, 1.807) is 13.8 Å². The van der Waals surface area contributed by atoms with Gasteiger partial charge in [-0.25, -0.2) is 0 Å². The topological polar surface area (TPSA) is 136 Å². The highest BCUT2D eigenvalue weighted by Gasteiger charge is 2.57. The van der Waals surface area contributed by atoms with Gasteiger partial charge in [-0.1, -0.05) is 39.0 Å². The average Bonchev–Trinajstić information content (AvgIpc) is 3.25. The van der Waals surface area contributed by atoms with Crippen LogP contribution < -0.4 is 0 Å². The molecule has 3 aliphatic rings. The Labute approximate surface area is 196 Å². The van der Waals surface area contributed by atoms with Crippen molar-refractivity contribution in [1.82, 2.24) is 0 Å². The van der Waals surface area contributed by atoms with Crippen molar-refractivity contribution in [1.29, 1.82) is 0 Å². The van der Waals surface area contributed by atoms with Crippen molar-refractivity contribution in [3.8, 4) is 0 Å². The minimum absolute atomic E-state index is 0.479. The summed E-state index contributed by atoms with van der Waals surface area (Å²) in [5, 5.41) is 39.6. The molecule has 0 aromatic carbocycles. The molecule has 1 unspecified atom stereocenters. The lowest BCUT2D eigenvalue weighted by molar-refractivity contribution is -0.305. The molecule has 4 N–H and O–H groups in total. The van der Waals surface area contributed by atoms with Crippen molar-refractivity contribution in [3.05, 3.63) is 0 Å². The first-order valence-corrected chi connectivity index (χ1v) is 12.3. The summed E-state index contributed by atoms with van der Waals surface area (Å²) in [7, 11) is 0. The fourth-order valence-electron chi connectivity index (χ4n) is 4.68. The van der Waals surface area contributed by atoms with E-state index >= 15 is 0 Å². The Kier molecular flexibility index (Phi) is 9.91. The Hall–Kier alpha value is -0.400. The third-order valence-corrected chi connectivity index (χ3v) is 6.46. The molecule has 3 aliphatic heterocycles. The highest BCUT2D eigenvalue weighted by Crippen LogP contribution is 2.40. The first-order chi connectivity index (χ1) is 15.7. The molecule has 3 saturated heterocycles. The number of ether oxygens (including phenoxy) is 6. The van der Waals surface area contributed by atoms with Crippen molar-refractivity contribution in [3.63, 3.8) is 0 Å². The molecule has 3 fully saturated rings. The lowest BCUT2D eigenvalue weighted by Gasteiger charge is -2.41. The minimum Gasteiger partial charge on any atom is -0.394 e. The van der Waals surface area contributed by atoms with Crippen LogP contribution in [0.1, 0.15) is 66.2 Å². The van der Waals surface area contributed by atoms with Crippen LogP contribution in [0.2, 0.25) is 0 Å². The first-order valence-electron chi connectivity index (χ1n) is 12.3. The van der Waals surface area contributed by atoms with Crippen LogP contribution in [0.15, 0.2) is 0 Å². The zero-order chi connectivity index (χ0) is 24.2. The molecule has 0 spiro atoms. The SMILES string of the molecule is CCCCCCCCO[C@@H]1O[C@@H](C)[C@H](O[C@@H]2O[C@@H](C(O)CO)[C@H](O)[C@H]2O)[C@H]2OC(C)(C)O[C@@H]12. The Morgan fingerprint density at radius 2 is 1.58 bits per heavy atom. The smallest absolute Gasteiger partial charge is 0.187 e. The van der Waals surface area contributed by atoms with Crippen LogP contribution in [0.25, 0.3) is 0 Å². The summed E-state index contributed by atoms with van der Waals surface area (Å²) in [5.74, 6) is -0.879. The third kappa shape index (κ3) is 6.63. The van der Waals surface area contributed by atoms with Crippen molar-refractivity contribution < 1.29 is 48.8 Å². The van der Waals surface area contributed by atoms with Gasteiger partial charge in [0.2, 0.25) is 0 Å². The highest BCUT2D eigenvalue weighted by atomic mass is 16.8. The van der Waals surface area contributed by atoms with Gasteiger partial charge >= 0.3 is 0 Å². The minimum atomic E-state index is -1.40. The Bertz CT molecular complexity index is 590. The van der Waals surface area contributed by atoms with Gasteiger partial charge in [-0.15, -0.1) is 0 Å². The zero-order valence-corrected chi connectivity index (χ0v) is 20.2. The molecule has 0 saturated carbocycles. The molecule has 10 heteroatoms. The highest BCUT2D eigenvalue weighted by molar-refractivity contribution is 4.98. The number of aliphatic hydroxyl groups is 4. The van der Waals surface area contributed by atoms with Crippen LogP contribution in [0.3, 0.4) is 0 Å². The zero-order valence-electron chi connectivity index (χ0n) is 20.2. The van der Waals surface area contributed by atoms with E-state index < -0.39 is 73.8 Å². The van der Waals surface area contributed by atoms with E-state index in [-0.39, 0.29) is 0 Å². The molecule has 0 aliphatic carbocycles. The summed E-state index contributed by atoms with van der Waals surface area (Å²) in [5.41, 5.74) is 0. The van der Waals surface area contributed by atoms with Gasteiger partial charge in [0.25, 0.3) is 0 Å². The summed E-state index contributed by atoms with van der Waals surface area (Å²) in [6, 6.07) is 0. The second kappa shape index (κ2) is 12.0. The van der Waals surface area contributed by atoms with Gasteiger partial charge in [0, 0.05) is 6.61 Å². The van der Waals surface area contributed by atoms with Crippen molar-refractivity contribution >= 4 is 0 Å². The lowest BCUT2D eigenvalue weighted by Crippen LogP contribution is -2.58. The molecule has 0 radical (unpaired) electrons. The molecule has 3 rings (SSSR count). The van der Waals surface area contributed by atoms with Crippen molar-refractivity contribution in [2.75, 3.05) is 13.2 Å². The third-order valence-electron chi connectivity index (χ3n) is 6.46. The molecular weight excluding hydrogens is 436 g/mol. The van der Waals surface area contributed by atoms with Crippen LogP contribution in [0, 0.1) is 0 Å². The van der Waals surface area contributed by atoms with Crippen LogP contribution in [0.4, 0.5) is 0 Å². The largest absolute Gasteiger partial charge is 0.394 e. The molecule has 10 atom stereocenters. The lowest BCUT2D eigenvalue weighted by atomic mass is 9.99. The Balaban J connectivity index is 1.59. The van der Waals surface area contributed by atoms with E-state index in [1.165, 1.54) is 25.7 Å². The maximum absolute atomic E-state index is 10.4. The monoisotopic (exact) mass is 478 g/mol. The number of unbranched alkanes of at least 4 members (excludes halogenated alkanes) is 5. The predicted octanol–water partition coefficient (Wildman–Crippen LogP) is 0.814. The van der Waals surface area contributed by atoms with E-state index in [2.05, 4.69) is 6.92 Å². The Morgan fingerprint density at radius 1 is 0.909 bits per heavy atom. The molecule has 10 nitrogen and oxygen atoms in total. The Morgan fingerprint density at radius 3 is 2.27 bits per heavy atom. The number of hydrogen-bond donors (Lipinski definition) is 4. The molecule has 0 bridgehead atoms. The molecule has 194 valence electrons. The quantitative estimate of drug-likeness (QED) is 0.298. The van der Waals surface area contributed by atoms with Gasteiger partial charge in [0.05, 0.1) is 12.7 Å². The number of aliphatic hydroxyl groups excluding tert-OH is 4. The molecule has 33 heavy (non-hydrogen) atoms. The fourth-order valence-corrected chi connectivity index (χ4v) is 4.68. The predicted molar refractivity (Wildman–Crippen MR) is 116 cm³/mol. The van der Waals surface area contributed by atoms with Crippen molar-refractivity contribution in [2.45, 2.75) is 133 Å². The van der Waals surface area contributed by atoms with E-state index in [0.717, 1.165) is 12.8 Å². The second-order valence-corrected chi connectivity index (χ2v) is 9.71. The maximum Gasteiger partial charge on any atom is 0.187 e. The number of rotatable bonds is 12. The summed E-state index contributed by atoms with van der Waals surface area (Å²) in [6.07, 6.45) is -2.47. The second-order valence-electron chi connectivity index (χ2n) is 9.71. The number of hydrogen-bond acceptors (Lipinski definition) is 10.